The van der Waals surface area contributed by atoms with Gasteiger partial charge in [-0.1, -0.05) is 25.1 Å². The fourth-order valence-corrected chi connectivity index (χ4v) is 3.83. The van der Waals surface area contributed by atoms with Gasteiger partial charge in [-0.15, -0.1) is 0 Å². The van der Waals surface area contributed by atoms with Crippen molar-refractivity contribution in [2.45, 2.75) is 19.9 Å². The third-order valence-corrected chi connectivity index (χ3v) is 5.48. The lowest BCUT2D eigenvalue weighted by Crippen LogP contribution is -2.48. The summed E-state index contributed by atoms with van der Waals surface area (Å²) in [4.78, 5) is 28.7. The quantitative estimate of drug-likeness (QED) is 0.691. The largest absolute Gasteiger partial charge is 0.508 e. The van der Waals surface area contributed by atoms with Crippen LogP contribution in [-0.2, 0) is 13.0 Å². The second kappa shape index (κ2) is 8.09. The molecule has 0 atom stereocenters. The number of amides is 1. The molecule has 0 unspecified atom stereocenters. The van der Waals surface area contributed by atoms with Gasteiger partial charge in [0.2, 0.25) is 0 Å². The van der Waals surface area contributed by atoms with Crippen molar-refractivity contribution in [3.8, 4) is 5.75 Å². The number of piperazine rings is 1. The molecule has 0 radical (unpaired) electrons. The normalized spacial score (nSPS) is 15.0. The summed E-state index contributed by atoms with van der Waals surface area (Å²) in [5, 5.41) is 10.9. The zero-order chi connectivity index (χ0) is 20.4. The van der Waals surface area contributed by atoms with Gasteiger partial charge in [0, 0.05) is 55.8 Å². The number of benzene rings is 2. The molecule has 1 N–H and O–H groups in total. The Bertz CT molecular complexity index is 1080. The minimum Gasteiger partial charge on any atom is -0.508 e. The van der Waals surface area contributed by atoms with Crippen molar-refractivity contribution >= 4 is 16.9 Å². The Kier molecular flexibility index (Phi) is 5.36. The van der Waals surface area contributed by atoms with E-state index < -0.39 is 5.63 Å². The lowest BCUT2D eigenvalue weighted by Gasteiger charge is -2.35. The summed E-state index contributed by atoms with van der Waals surface area (Å²) in [5.41, 5.74) is 2.40. The maximum Gasteiger partial charge on any atom is 0.336 e. The predicted octanol–water partition coefficient (Wildman–Crippen LogP) is 3.02. The highest BCUT2D eigenvalue weighted by atomic mass is 16.4. The van der Waals surface area contributed by atoms with Gasteiger partial charge in [0.1, 0.15) is 11.3 Å². The molecule has 3 aromatic rings. The number of phenols is 1. The topological polar surface area (TPSA) is 74.0 Å². The number of fused-ring (bicyclic) bond motifs is 1. The Hall–Kier alpha value is -3.12. The van der Waals surface area contributed by atoms with Crippen LogP contribution in [0.3, 0.4) is 0 Å². The summed E-state index contributed by atoms with van der Waals surface area (Å²) >= 11 is 0. The SMILES string of the molecule is CCc1cc2c(CN3CCN(C(=O)c4ccccc4)CC3)cc(=O)oc2cc1O. The Morgan fingerprint density at radius 1 is 1.03 bits per heavy atom. The first kappa shape index (κ1) is 19.2. The zero-order valence-corrected chi connectivity index (χ0v) is 16.4. The maximum absolute atomic E-state index is 12.6. The highest BCUT2D eigenvalue weighted by Gasteiger charge is 2.23. The number of nitrogens with zero attached hydrogens (tertiary/aromatic N) is 2. The molecule has 1 amide bonds. The van der Waals surface area contributed by atoms with Crippen LogP contribution in [0.4, 0.5) is 0 Å². The van der Waals surface area contributed by atoms with E-state index >= 15 is 0 Å². The molecule has 150 valence electrons. The number of carbonyl (C=O) groups excluding carboxylic acids is 1. The molecule has 1 aromatic heterocycles. The van der Waals surface area contributed by atoms with E-state index in [1.165, 1.54) is 12.1 Å². The van der Waals surface area contributed by atoms with E-state index in [-0.39, 0.29) is 11.7 Å². The van der Waals surface area contributed by atoms with Gasteiger partial charge in [-0.25, -0.2) is 4.79 Å². The van der Waals surface area contributed by atoms with Crippen LogP contribution in [0.5, 0.6) is 5.75 Å². The first-order chi connectivity index (χ1) is 14.0. The average Bonchev–Trinajstić information content (AvgIpc) is 2.74. The van der Waals surface area contributed by atoms with E-state index in [0.29, 0.717) is 37.2 Å². The highest BCUT2D eigenvalue weighted by molar-refractivity contribution is 5.94. The van der Waals surface area contributed by atoms with Crippen LogP contribution in [0.25, 0.3) is 11.0 Å². The first-order valence-electron chi connectivity index (χ1n) is 9.90. The second-order valence-electron chi connectivity index (χ2n) is 7.36. The molecule has 29 heavy (non-hydrogen) atoms. The molecule has 6 heteroatoms. The molecule has 1 aliphatic heterocycles. The maximum atomic E-state index is 12.6. The molecule has 6 nitrogen and oxygen atoms in total. The molecule has 0 bridgehead atoms. The number of aromatic hydroxyl groups is 1. The highest BCUT2D eigenvalue weighted by Crippen LogP contribution is 2.27. The van der Waals surface area contributed by atoms with Gasteiger partial charge in [-0.3, -0.25) is 9.69 Å². The van der Waals surface area contributed by atoms with Gasteiger partial charge in [0.25, 0.3) is 5.91 Å². The van der Waals surface area contributed by atoms with Gasteiger partial charge in [0.15, 0.2) is 0 Å². The zero-order valence-electron chi connectivity index (χ0n) is 16.4. The van der Waals surface area contributed by atoms with Crippen molar-refractivity contribution in [3.05, 3.63) is 75.6 Å². The number of aryl methyl sites for hydroxylation is 1. The van der Waals surface area contributed by atoms with Crippen molar-refractivity contribution in [1.82, 2.24) is 9.80 Å². The molecule has 2 aromatic carbocycles. The minimum atomic E-state index is -0.422. The van der Waals surface area contributed by atoms with E-state index in [0.717, 1.165) is 29.6 Å². The second-order valence-corrected chi connectivity index (χ2v) is 7.36. The van der Waals surface area contributed by atoms with Crippen molar-refractivity contribution in [2.24, 2.45) is 0 Å². The molecular formula is C23H24N2O4. The van der Waals surface area contributed by atoms with Crippen molar-refractivity contribution < 1.29 is 14.3 Å². The fourth-order valence-electron chi connectivity index (χ4n) is 3.83. The molecule has 0 saturated carbocycles. The van der Waals surface area contributed by atoms with Crippen molar-refractivity contribution in [2.75, 3.05) is 26.2 Å². The number of phenolic OH excluding ortho intramolecular Hbond substituents is 1. The molecular weight excluding hydrogens is 368 g/mol. The smallest absolute Gasteiger partial charge is 0.336 e. The Balaban J connectivity index is 1.50. The predicted molar refractivity (Wildman–Crippen MR) is 111 cm³/mol. The fraction of sp³-hybridized carbons (Fsp3) is 0.304. The van der Waals surface area contributed by atoms with Crippen LogP contribution in [0.2, 0.25) is 0 Å². The van der Waals surface area contributed by atoms with Gasteiger partial charge < -0.3 is 14.4 Å². The number of hydrogen-bond acceptors (Lipinski definition) is 5. The number of hydrogen-bond donors (Lipinski definition) is 1. The third kappa shape index (κ3) is 4.03. The van der Waals surface area contributed by atoms with Crippen LogP contribution in [0, 0.1) is 0 Å². The van der Waals surface area contributed by atoms with E-state index in [9.17, 15) is 14.7 Å². The van der Waals surface area contributed by atoms with E-state index in [2.05, 4.69) is 4.90 Å². The van der Waals surface area contributed by atoms with Crippen molar-refractivity contribution in [3.63, 3.8) is 0 Å². The number of rotatable bonds is 4. The lowest BCUT2D eigenvalue weighted by molar-refractivity contribution is 0.0629. The first-order valence-corrected chi connectivity index (χ1v) is 9.90. The molecule has 1 aliphatic rings. The Morgan fingerprint density at radius 2 is 1.76 bits per heavy atom. The van der Waals surface area contributed by atoms with Crippen LogP contribution in [0.1, 0.15) is 28.4 Å². The van der Waals surface area contributed by atoms with E-state index in [4.69, 9.17) is 4.42 Å². The standard InChI is InChI=1S/C23H24N2O4/c1-2-16-12-19-18(13-22(27)29-21(19)14-20(16)26)15-24-8-10-25(11-9-24)23(28)17-6-4-3-5-7-17/h3-7,12-14,26H,2,8-11,15H2,1H3. The van der Waals surface area contributed by atoms with Crippen LogP contribution in [-0.4, -0.2) is 47.0 Å². The van der Waals surface area contributed by atoms with Gasteiger partial charge in [0.05, 0.1) is 0 Å². The van der Waals surface area contributed by atoms with E-state index in [1.807, 2.05) is 48.2 Å². The Morgan fingerprint density at radius 3 is 2.45 bits per heavy atom. The van der Waals surface area contributed by atoms with Crippen LogP contribution < -0.4 is 5.63 Å². The van der Waals surface area contributed by atoms with Gasteiger partial charge in [-0.05, 0) is 35.7 Å². The molecule has 0 aliphatic carbocycles. The molecule has 4 rings (SSSR count). The summed E-state index contributed by atoms with van der Waals surface area (Å²) in [6, 6.07) is 14.3. The van der Waals surface area contributed by atoms with Gasteiger partial charge in [-0.2, -0.15) is 0 Å². The minimum absolute atomic E-state index is 0.0547. The molecule has 0 spiro atoms. The summed E-state index contributed by atoms with van der Waals surface area (Å²) in [7, 11) is 0. The third-order valence-electron chi connectivity index (χ3n) is 5.48. The monoisotopic (exact) mass is 392 g/mol. The molecule has 2 heterocycles. The van der Waals surface area contributed by atoms with E-state index in [1.54, 1.807) is 0 Å². The summed E-state index contributed by atoms with van der Waals surface area (Å²) in [5.74, 6) is 0.201. The Labute approximate surface area is 169 Å². The van der Waals surface area contributed by atoms with Gasteiger partial charge >= 0.3 is 5.63 Å². The summed E-state index contributed by atoms with van der Waals surface area (Å²) in [6.45, 7) is 5.34. The van der Waals surface area contributed by atoms with Crippen LogP contribution in [0.15, 0.2) is 57.7 Å². The molecule has 1 saturated heterocycles. The summed E-state index contributed by atoms with van der Waals surface area (Å²) in [6.07, 6.45) is 0.695. The van der Waals surface area contributed by atoms with Crippen LogP contribution >= 0.6 is 0 Å². The average molecular weight is 392 g/mol. The lowest BCUT2D eigenvalue weighted by atomic mass is 10.0. The number of carbonyl (C=O) groups is 1. The molecule has 1 fully saturated rings. The summed E-state index contributed by atoms with van der Waals surface area (Å²) < 4.78 is 5.28. The van der Waals surface area contributed by atoms with Crippen molar-refractivity contribution in [1.29, 1.82) is 0 Å².